The molecule has 0 heteroatoms. The third kappa shape index (κ3) is 48.0. The molecule has 0 nitrogen and oxygen atoms in total. The molecule has 12 atom stereocenters. The third-order valence-electron chi connectivity index (χ3n) is 47.7. The molecule has 0 N–H and O–H groups in total. The van der Waals surface area contributed by atoms with Gasteiger partial charge >= 0.3 is 0 Å². The summed E-state index contributed by atoms with van der Waals surface area (Å²) < 4.78 is 0. The summed E-state index contributed by atoms with van der Waals surface area (Å²) >= 11 is 0. The molecule has 0 aliphatic heterocycles. The second kappa shape index (κ2) is 72.6. The molecule has 13 fully saturated rings. The van der Waals surface area contributed by atoms with Gasteiger partial charge in [0.05, 0.1) is 0 Å². The summed E-state index contributed by atoms with van der Waals surface area (Å²) in [7, 11) is 0. The lowest BCUT2D eigenvalue weighted by Crippen LogP contribution is -2.51. The molecule has 0 saturated heterocycles. The van der Waals surface area contributed by atoms with Gasteiger partial charge in [-0.2, -0.15) is 0 Å². The van der Waals surface area contributed by atoms with Crippen LogP contribution in [0.1, 0.15) is 695 Å². The Hall–Kier alpha value is 0. The molecule has 13 aliphatic carbocycles. The Morgan fingerprint density at radius 2 is 0.267 bits per heavy atom. The maximum absolute atomic E-state index is 2.43. The van der Waals surface area contributed by atoms with Gasteiger partial charge in [-0.25, -0.2) is 0 Å². The summed E-state index contributed by atoms with van der Waals surface area (Å²) in [6.07, 6.45) is 73.8. The summed E-state index contributed by atoms with van der Waals surface area (Å²) in [5.74, 6) is 35.9. The maximum atomic E-state index is 2.43. The first kappa shape index (κ1) is 148. The van der Waals surface area contributed by atoms with Crippen molar-refractivity contribution >= 4 is 0 Å². The van der Waals surface area contributed by atoms with E-state index in [0.29, 0.717) is 37.9 Å². The van der Waals surface area contributed by atoms with Gasteiger partial charge in [-0.3, -0.25) is 0 Å². The highest BCUT2D eigenvalue weighted by molar-refractivity contribution is 5.04. The van der Waals surface area contributed by atoms with Gasteiger partial charge in [-0.15, -0.1) is 0 Å². The smallest absolute Gasteiger partial charge is 0.0200 e. The summed E-state index contributed by atoms with van der Waals surface area (Å²) in [4.78, 5) is 0. The lowest BCUT2D eigenvalue weighted by Gasteiger charge is -2.60. The molecular formula is C150H300. The fourth-order valence-electron chi connectivity index (χ4n) is 35.1. The van der Waals surface area contributed by atoms with Gasteiger partial charge < -0.3 is 0 Å². The minimum atomic E-state index is 0.476. The second-order valence-electron chi connectivity index (χ2n) is 65.6. The number of hydrogen-bond acceptors (Lipinski definition) is 0. The zero-order valence-electron chi connectivity index (χ0n) is 115. The van der Waals surface area contributed by atoms with Gasteiger partial charge in [0.2, 0.25) is 0 Å². The summed E-state index contributed by atoms with van der Waals surface area (Å²) in [5.41, 5.74) is 4.99. The van der Waals surface area contributed by atoms with E-state index < -0.39 is 0 Å². The molecule has 0 aromatic carbocycles. The Kier molecular flexibility index (Phi) is 71.7. The number of hydrogen-bond donors (Lipinski definition) is 0. The molecule has 12 unspecified atom stereocenters. The molecule has 150 heavy (non-hydrogen) atoms. The molecule has 900 valence electrons. The molecule has 13 saturated carbocycles. The quantitative estimate of drug-likeness (QED) is 0.0845. The van der Waals surface area contributed by atoms with Crippen molar-refractivity contribution in [2.45, 2.75) is 695 Å². The van der Waals surface area contributed by atoms with Crippen LogP contribution in [0.4, 0.5) is 0 Å². The van der Waals surface area contributed by atoms with E-state index in [1.165, 1.54) is 321 Å². The summed E-state index contributed by atoms with van der Waals surface area (Å²) in [6.45, 7) is 129. The van der Waals surface area contributed by atoms with E-state index in [0.717, 1.165) is 230 Å². The van der Waals surface area contributed by atoms with Crippen molar-refractivity contribution < 1.29 is 0 Å². The zero-order chi connectivity index (χ0) is 115. The topological polar surface area (TPSA) is 0 Å². The molecule has 0 spiro atoms. The zero-order valence-corrected chi connectivity index (χ0v) is 115. The lowest BCUT2D eigenvalue weighted by molar-refractivity contribution is -0.100. The van der Waals surface area contributed by atoms with Crippen LogP contribution in [0.2, 0.25) is 0 Å². The van der Waals surface area contributed by atoms with Crippen molar-refractivity contribution in [2.75, 3.05) is 0 Å². The first-order valence-corrected chi connectivity index (χ1v) is 69.5. The van der Waals surface area contributed by atoms with E-state index in [4.69, 9.17) is 0 Å². The van der Waals surface area contributed by atoms with Gasteiger partial charge in [-0.1, -0.05) is 534 Å². The Morgan fingerprint density at radius 3 is 0.393 bits per heavy atom. The van der Waals surface area contributed by atoms with Crippen LogP contribution in [-0.4, -0.2) is 0 Å². The lowest BCUT2D eigenvalue weighted by atomic mass is 9.45. The molecule has 0 aromatic heterocycles. The maximum Gasteiger partial charge on any atom is -0.0200 e. The molecule has 13 aliphatic rings. The van der Waals surface area contributed by atoms with Gasteiger partial charge in [0.1, 0.15) is 0 Å². The Bertz CT molecular complexity index is 2990. The van der Waals surface area contributed by atoms with Crippen molar-refractivity contribution in [1.29, 1.82) is 0 Å². The van der Waals surface area contributed by atoms with E-state index in [1.54, 1.807) is 0 Å². The van der Waals surface area contributed by atoms with Gasteiger partial charge in [-0.05, 0) is 429 Å². The van der Waals surface area contributed by atoms with E-state index >= 15 is 0 Å². The molecule has 0 radical (unpaired) electrons. The minimum Gasteiger partial charge on any atom is -0.0625 e. The van der Waals surface area contributed by atoms with E-state index in [2.05, 4.69) is 374 Å². The van der Waals surface area contributed by atoms with Crippen molar-refractivity contribution in [3.8, 4) is 0 Å². The highest BCUT2D eigenvalue weighted by Gasteiger charge is 2.54. The van der Waals surface area contributed by atoms with Crippen molar-refractivity contribution in [3.05, 3.63) is 0 Å². The third-order valence-corrected chi connectivity index (χ3v) is 47.7. The second-order valence-corrected chi connectivity index (χ2v) is 65.6. The van der Waals surface area contributed by atoms with Gasteiger partial charge in [0.15, 0.2) is 0 Å². The van der Waals surface area contributed by atoms with Crippen LogP contribution in [-0.2, 0) is 0 Å². The normalized spacial score (nSPS) is 28.0. The van der Waals surface area contributed by atoms with Crippen LogP contribution in [0.25, 0.3) is 0 Å². The highest BCUT2D eigenvalue weighted by atomic mass is 14.6. The van der Waals surface area contributed by atoms with Crippen molar-refractivity contribution in [1.82, 2.24) is 0 Å². The first-order valence-electron chi connectivity index (χ1n) is 69.5. The number of rotatable bonds is 24. The van der Waals surface area contributed by atoms with Crippen molar-refractivity contribution in [3.63, 3.8) is 0 Å². The SMILES string of the molecule is CC(C)(C)C1(C(C)(C)C)CCC1.CC(C)C1(C(C)C)CC1.CC(C)C1(C(C)C)CCCC1.CC(C)C1(C(C)C)CCCCC1.CC(C)C1(C(C)C)CCCCCC1.CC(C)C1(C(C)C)CCCCCCC1.CC(C)C1CC(C(C)C)C1.CC(C)C1CC1C(C)C.CC(C)C1CCC1C(C)C.CC(C)C1CCCC1C(C)C.CC(C)C1CCCCC1C(C)C.CC(C)C1CCCCCC1C(C)C.CC(C)C1CCCCCCC1C(C)C. The standard InChI is InChI=1S/2C14H28.2C13H26.3C12H24.2C11H22.2C10H20.2C9H18/c1-12(2)14(13(3)4)10-8-6-5-7-9-11-14;1-11(2)13-9-7-5-6-8-10-14(13)12(3)4;1-11(2)13(12(3)4)9-7-5-6-8-10-13;1-10(2)12-8-6-5-7-9-13(12)11(3)4;1-10(2,3)12(8-7-9-12)11(4,5)6;1-10(2)12(11(3)4)8-6-5-7-9-12;1-9(2)11-7-5-6-8-12(11)10(3)4;1-9(2)11(10(3)4)7-5-6-8-11;1-8(2)10-6-5-7-11(10)9(3)4;1-7(2)9-5-10(6-9)8(3)4;1-7(2)9-5-6-10(9)8(3)4;1-7(2)9(5-6-9)8(3)4;1-6(2)8-5-9(8)7(3)4/h12-13H,5-11H2,1-4H3;11-14H,5-10H2,1-4H3;11-12H,5-10H2,1-4H3;10-13H,5-9H2,1-4H3;7-9H2,1-6H3;10-11H,5-9H2,1-4H3;9-12H,5-8H2,1-4H3;9-10H,5-8H2,1-4H3;8-11H,5-7H2,1-4H3;2*7-10H,5-6H2,1-4H3;7-8H,5-6H2,1-4H3;6-9H,5H2,1-4H3. The highest BCUT2D eigenvalue weighted by Crippen LogP contribution is 2.64. The average Bonchev–Trinajstić information content (AvgIpc) is 0.838. The van der Waals surface area contributed by atoms with Crippen LogP contribution in [0.5, 0.6) is 0 Å². The summed E-state index contributed by atoms with van der Waals surface area (Å²) in [5, 5.41) is 0. The van der Waals surface area contributed by atoms with E-state index in [1.807, 2.05) is 0 Å². The van der Waals surface area contributed by atoms with Crippen LogP contribution >= 0.6 is 0 Å². The molecular weight excluding hydrogens is 1800 g/mol. The average molecular weight is 2100 g/mol. The minimum absolute atomic E-state index is 0.476. The summed E-state index contributed by atoms with van der Waals surface area (Å²) in [6, 6.07) is 0. The van der Waals surface area contributed by atoms with Crippen LogP contribution in [0.3, 0.4) is 0 Å². The van der Waals surface area contributed by atoms with Crippen molar-refractivity contribution in [2.24, 2.45) is 268 Å². The first-order chi connectivity index (χ1) is 69.5. The van der Waals surface area contributed by atoms with Crippen LogP contribution < -0.4 is 0 Å². The van der Waals surface area contributed by atoms with Gasteiger partial charge in [0.25, 0.3) is 0 Å². The fraction of sp³-hybridized carbons (Fsp3) is 1.00. The fourth-order valence-corrected chi connectivity index (χ4v) is 35.1. The van der Waals surface area contributed by atoms with E-state index in [-0.39, 0.29) is 0 Å². The van der Waals surface area contributed by atoms with Crippen LogP contribution in [0.15, 0.2) is 0 Å². The Balaban J connectivity index is 0.000000814. The predicted octanol–water partition coefficient (Wildman–Crippen LogP) is 51.9. The molecule has 0 bridgehead atoms. The van der Waals surface area contributed by atoms with Gasteiger partial charge in [0, 0.05) is 0 Å². The predicted molar refractivity (Wildman–Crippen MR) is 689 cm³/mol. The molecule has 13 rings (SSSR count). The monoisotopic (exact) mass is 2100 g/mol. The molecule has 0 amide bonds. The largest absolute Gasteiger partial charge is 0.0625 e. The molecule has 0 aromatic rings. The van der Waals surface area contributed by atoms with Crippen LogP contribution in [0, 0.1) is 268 Å². The Morgan fingerprint density at radius 1 is 0.127 bits per heavy atom. The van der Waals surface area contributed by atoms with E-state index in [9.17, 15) is 0 Å². The molecule has 0 heterocycles. The Labute approximate surface area is 956 Å².